The largest absolute Gasteiger partial charge is 0.458 e. The van der Waals surface area contributed by atoms with Gasteiger partial charge in [-0.25, -0.2) is 0 Å². The molecule has 2 amide bonds. The zero-order valence-electron chi connectivity index (χ0n) is 10.7. The first-order chi connectivity index (χ1) is 9.24. The summed E-state index contributed by atoms with van der Waals surface area (Å²) in [4.78, 5) is 24.2. The van der Waals surface area contributed by atoms with Gasteiger partial charge in [-0.15, -0.1) is 0 Å². The van der Waals surface area contributed by atoms with Crippen molar-refractivity contribution in [2.45, 2.75) is 32.0 Å². The number of hydrogen-bond acceptors (Lipinski definition) is 2. The van der Waals surface area contributed by atoms with E-state index in [1.54, 1.807) is 6.92 Å². The second-order valence-electron chi connectivity index (χ2n) is 4.05. The van der Waals surface area contributed by atoms with Crippen molar-refractivity contribution in [3.8, 4) is 11.8 Å². The number of rotatable bonds is 3. The van der Waals surface area contributed by atoms with Gasteiger partial charge in [-0.3, -0.25) is 9.59 Å². The fourth-order valence-corrected chi connectivity index (χ4v) is 1.66. The quantitative estimate of drug-likeness (QED) is 0.799. The van der Waals surface area contributed by atoms with E-state index in [9.17, 15) is 22.8 Å². The van der Waals surface area contributed by atoms with Crippen LogP contribution in [0.2, 0.25) is 0 Å². The maximum atomic E-state index is 12.0. The first kappa shape index (κ1) is 15.8. The van der Waals surface area contributed by atoms with Crippen LogP contribution < -0.4 is 5.73 Å². The normalized spacial score (nSPS) is 16.9. The number of nitrogens with zero attached hydrogens (tertiary/aromatic N) is 1. The summed E-state index contributed by atoms with van der Waals surface area (Å²) in [5.74, 6) is 1.97. The zero-order chi connectivity index (χ0) is 15.3. The van der Waals surface area contributed by atoms with Gasteiger partial charge in [0.15, 0.2) is 0 Å². The summed E-state index contributed by atoms with van der Waals surface area (Å²) in [6.45, 7) is 1.68. The Morgan fingerprint density at radius 2 is 2.20 bits per heavy atom. The zero-order valence-corrected chi connectivity index (χ0v) is 10.7. The average molecular weight is 286 g/mol. The predicted octanol–water partition coefficient (Wildman–Crippen LogP) is 1.49. The molecule has 0 radical (unpaired) electrons. The summed E-state index contributed by atoms with van der Waals surface area (Å²) in [6.07, 6.45) is -0.636. The summed E-state index contributed by atoms with van der Waals surface area (Å²) in [7, 11) is 0. The molecule has 0 saturated heterocycles. The summed E-state index contributed by atoms with van der Waals surface area (Å²) in [6, 6.07) is -0.818. The van der Waals surface area contributed by atoms with Crippen LogP contribution >= 0.6 is 0 Å². The average Bonchev–Trinajstić information content (AvgIpc) is 2.50. The second kappa shape index (κ2) is 6.28. The smallest absolute Gasteiger partial charge is 0.368 e. The number of carbonyl (C=O) groups is 2. The van der Waals surface area contributed by atoms with Crippen LogP contribution in [0.25, 0.3) is 0 Å². The summed E-state index contributed by atoms with van der Waals surface area (Å²) < 4.78 is 36.0. The van der Waals surface area contributed by atoms with Crippen molar-refractivity contribution in [2.75, 3.05) is 0 Å². The van der Waals surface area contributed by atoms with Crippen molar-refractivity contribution >= 4 is 11.8 Å². The number of amides is 2. The van der Waals surface area contributed by atoms with Crippen LogP contribution in [0.3, 0.4) is 0 Å². The van der Waals surface area contributed by atoms with Crippen LogP contribution in [0.5, 0.6) is 0 Å². The molecular weight excluding hydrogens is 273 g/mol. The number of carbonyl (C=O) groups excluding carboxylic acids is 2. The third kappa shape index (κ3) is 4.46. The Morgan fingerprint density at radius 1 is 1.55 bits per heavy atom. The van der Waals surface area contributed by atoms with E-state index < -0.39 is 24.0 Å². The van der Waals surface area contributed by atoms with Gasteiger partial charge in [0, 0.05) is 24.1 Å². The van der Waals surface area contributed by atoms with E-state index in [-0.39, 0.29) is 12.0 Å². The fourth-order valence-electron chi connectivity index (χ4n) is 1.66. The Bertz CT molecular complexity index is 524. The molecule has 0 aromatic rings. The van der Waals surface area contributed by atoms with Crippen LogP contribution in [0.1, 0.15) is 19.8 Å². The lowest BCUT2D eigenvalue weighted by Crippen LogP contribution is -2.44. The number of allylic oxidation sites excluding steroid dienone is 2. The molecule has 0 saturated carbocycles. The van der Waals surface area contributed by atoms with Crippen molar-refractivity contribution in [3.05, 3.63) is 23.9 Å². The van der Waals surface area contributed by atoms with E-state index in [1.165, 1.54) is 18.4 Å². The van der Waals surface area contributed by atoms with Gasteiger partial charge in [0.05, 0.1) is 0 Å². The summed E-state index contributed by atoms with van der Waals surface area (Å²) >= 11 is 0. The molecule has 1 aliphatic rings. The van der Waals surface area contributed by atoms with Crippen molar-refractivity contribution < 1.29 is 22.8 Å². The molecule has 20 heavy (non-hydrogen) atoms. The van der Waals surface area contributed by atoms with Gasteiger partial charge in [0.1, 0.15) is 6.04 Å². The molecule has 0 fully saturated rings. The third-order valence-corrected chi connectivity index (χ3v) is 2.60. The van der Waals surface area contributed by atoms with Crippen molar-refractivity contribution in [1.29, 1.82) is 0 Å². The number of alkyl halides is 3. The molecule has 1 heterocycles. The number of hydrogen-bond donors (Lipinski definition) is 1. The molecule has 1 aliphatic heterocycles. The molecule has 0 bridgehead atoms. The molecule has 1 unspecified atom stereocenters. The van der Waals surface area contributed by atoms with Crippen molar-refractivity contribution in [1.82, 2.24) is 4.90 Å². The molecule has 0 aromatic carbocycles. The molecule has 2 N–H and O–H groups in total. The van der Waals surface area contributed by atoms with Gasteiger partial charge in [0.25, 0.3) is 0 Å². The maximum Gasteiger partial charge on any atom is 0.458 e. The minimum Gasteiger partial charge on any atom is -0.368 e. The number of primary amides is 1. The highest BCUT2D eigenvalue weighted by atomic mass is 19.4. The molecular formula is C13H13F3N2O2. The van der Waals surface area contributed by atoms with E-state index in [0.717, 1.165) is 10.8 Å². The molecule has 108 valence electrons. The van der Waals surface area contributed by atoms with Crippen LogP contribution in [0.15, 0.2) is 23.9 Å². The Balaban J connectivity index is 2.96. The Labute approximate surface area is 114 Å². The van der Waals surface area contributed by atoms with Gasteiger partial charge >= 0.3 is 6.18 Å². The molecule has 7 heteroatoms. The monoisotopic (exact) mass is 286 g/mol. The lowest BCUT2D eigenvalue weighted by atomic mass is 10.2. The van der Waals surface area contributed by atoms with Gasteiger partial charge in [-0.1, -0.05) is 18.9 Å². The highest BCUT2D eigenvalue weighted by molar-refractivity contribution is 5.88. The van der Waals surface area contributed by atoms with Gasteiger partial charge in [-0.2, -0.15) is 13.2 Å². The molecule has 1 atom stereocenters. The lowest BCUT2D eigenvalue weighted by Gasteiger charge is -2.24. The van der Waals surface area contributed by atoms with Crippen molar-refractivity contribution in [3.63, 3.8) is 0 Å². The van der Waals surface area contributed by atoms with Gasteiger partial charge in [-0.05, 0) is 12.5 Å². The molecule has 0 aromatic heterocycles. The molecule has 1 rings (SSSR count). The van der Waals surface area contributed by atoms with E-state index in [2.05, 4.69) is 0 Å². The van der Waals surface area contributed by atoms with E-state index >= 15 is 0 Å². The van der Waals surface area contributed by atoms with Gasteiger partial charge < -0.3 is 10.6 Å². The first-order valence-electron chi connectivity index (χ1n) is 5.83. The molecule has 0 spiro atoms. The van der Waals surface area contributed by atoms with E-state index in [4.69, 9.17) is 5.73 Å². The highest BCUT2D eigenvalue weighted by Gasteiger charge is 2.26. The van der Waals surface area contributed by atoms with Crippen LogP contribution in [-0.4, -0.2) is 28.9 Å². The number of nitrogens with two attached hydrogens (primary N) is 1. The summed E-state index contributed by atoms with van der Waals surface area (Å²) in [5, 5.41) is 0. The van der Waals surface area contributed by atoms with Gasteiger partial charge in [0.2, 0.25) is 11.8 Å². The van der Waals surface area contributed by atoms with Crippen LogP contribution in [0.4, 0.5) is 13.2 Å². The van der Waals surface area contributed by atoms with Crippen LogP contribution in [0, 0.1) is 11.8 Å². The maximum absolute atomic E-state index is 12.0. The number of halogens is 3. The van der Waals surface area contributed by atoms with E-state index in [1.807, 2.05) is 5.92 Å². The fraction of sp³-hybridized carbons (Fsp3) is 0.385. The standard InChI is InChI=1S/C13H13F3N2O2/c1-2-10(12(17)20)18-8-6-9(3-4-11(18)19)5-7-13(14,15)16/h3,6,8,10H,2,4H2,1H3,(H2,17,20). The Morgan fingerprint density at radius 3 is 2.70 bits per heavy atom. The first-order valence-corrected chi connectivity index (χ1v) is 5.83. The lowest BCUT2D eigenvalue weighted by molar-refractivity contribution is -0.135. The SMILES string of the molecule is CCC(C(N)=O)N1C=CC(C#CC(F)(F)F)=CCC1=O. The molecule has 4 nitrogen and oxygen atoms in total. The summed E-state index contributed by atoms with van der Waals surface area (Å²) in [5.41, 5.74) is 5.25. The highest BCUT2D eigenvalue weighted by Crippen LogP contribution is 2.16. The second-order valence-corrected chi connectivity index (χ2v) is 4.05. The van der Waals surface area contributed by atoms with Crippen LogP contribution in [-0.2, 0) is 9.59 Å². The Kier molecular flexibility index (Phi) is 4.97. The van der Waals surface area contributed by atoms with E-state index in [0.29, 0.717) is 6.42 Å². The minimum atomic E-state index is -4.59. The Hall–Kier alpha value is -2.23. The molecule has 0 aliphatic carbocycles. The topological polar surface area (TPSA) is 63.4 Å². The minimum absolute atomic E-state index is 0.0671. The third-order valence-electron chi connectivity index (χ3n) is 2.60. The van der Waals surface area contributed by atoms with Crippen molar-refractivity contribution in [2.24, 2.45) is 5.73 Å². The predicted molar refractivity (Wildman–Crippen MR) is 65.8 cm³/mol.